The van der Waals surface area contributed by atoms with Crippen molar-refractivity contribution in [1.29, 1.82) is 0 Å². The molecule has 0 spiro atoms. The quantitative estimate of drug-likeness (QED) is 0.377. The molecule has 2 aromatic carbocycles. The number of carbonyl (C=O) groups excluding carboxylic acids is 2. The lowest BCUT2D eigenvalue weighted by Gasteiger charge is -2.28. The van der Waals surface area contributed by atoms with Crippen molar-refractivity contribution in [2.24, 2.45) is 0 Å². The van der Waals surface area contributed by atoms with Crippen LogP contribution in [-0.2, 0) is 22.4 Å². The van der Waals surface area contributed by atoms with Crippen molar-refractivity contribution in [3.8, 4) is 5.75 Å². The number of aliphatic hydroxyl groups is 2. The molecule has 37 heavy (non-hydrogen) atoms. The lowest BCUT2D eigenvalue weighted by atomic mass is 10.0. The molecule has 0 saturated carbocycles. The van der Waals surface area contributed by atoms with Crippen LogP contribution in [0.25, 0.3) is 0 Å². The van der Waals surface area contributed by atoms with Crippen LogP contribution in [0.3, 0.4) is 0 Å². The molecule has 3 atom stereocenters. The smallest absolute Gasteiger partial charge is 0.255 e. The van der Waals surface area contributed by atoms with Gasteiger partial charge in [-0.1, -0.05) is 24.3 Å². The fraction of sp³-hybridized carbons (Fsp3) is 0.357. The van der Waals surface area contributed by atoms with E-state index in [0.29, 0.717) is 25.8 Å². The molecule has 196 valence electrons. The second-order valence-electron chi connectivity index (χ2n) is 9.12. The van der Waals surface area contributed by atoms with Crippen molar-refractivity contribution >= 4 is 23.2 Å². The molecule has 1 unspecified atom stereocenters. The van der Waals surface area contributed by atoms with Gasteiger partial charge in [0.1, 0.15) is 11.6 Å². The van der Waals surface area contributed by atoms with Crippen LogP contribution in [-0.4, -0.2) is 59.3 Å². The molecule has 9 heteroatoms. The molecule has 0 aliphatic carbocycles. The molecular weight excluding hydrogens is 495 g/mol. The Hall–Kier alpha value is -3.27. The number of carbonyl (C=O) groups is 2. The SMILES string of the molecule is COc1cccc(Cc2csc(CCNC(=O)[C@H](O)[C@@H](O)C(=O)N3CCCC3c3ccc(F)cc3)c2)c1. The van der Waals surface area contributed by atoms with Crippen LogP contribution >= 0.6 is 11.3 Å². The molecule has 1 aliphatic rings. The monoisotopic (exact) mass is 526 g/mol. The van der Waals surface area contributed by atoms with Gasteiger partial charge < -0.3 is 25.2 Å². The standard InChI is InChI=1S/C28H31FN2O5S/c1-36-22-5-2-4-18(15-22)14-19-16-23(37-17-19)11-12-30-27(34)25(32)26(33)28(35)31-13-3-6-24(31)20-7-9-21(29)10-8-20/h2,4-5,7-10,15-17,24-26,32-33H,3,6,11-14H2,1H3,(H,30,34)/t24?,25-,26-/m1/s1. The normalized spacial score (nSPS) is 16.9. The van der Waals surface area contributed by atoms with Gasteiger partial charge in [-0.2, -0.15) is 0 Å². The molecule has 1 aliphatic heterocycles. The first-order valence-corrected chi connectivity index (χ1v) is 13.1. The third kappa shape index (κ3) is 6.74. The molecule has 2 amide bonds. The maximum Gasteiger partial charge on any atom is 0.255 e. The Balaban J connectivity index is 1.26. The van der Waals surface area contributed by atoms with Crippen LogP contribution in [0.4, 0.5) is 4.39 Å². The zero-order valence-electron chi connectivity index (χ0n) is 20.6. The lowest BCUT2D eigenvalue weighted by Crippen LogP contribution is -2.50. The van der Waals surface area contributed by atoms with Crippen LogP contribution in [0, 0.1) is 5.82 Å². The molecule has 0 bridgehead atoms. The number of nitrogens with one attached hydrogen (secondary N) is 1. The van der Waals surface area contributed by atoms with E-state index in [1.54, 1.807) is 30.6 Å². The average Bonchev–Trinajstić information content (AvgIpc) is 3.58. The third-order valence-corrected chi connectivity index (χ3v) is 7.58. The number of hydrogen-bond acceptors (Lipinski definition) is 6. The fourth-order valence-electron chi connectivity index (χ4n) is 4.59. The topological polar surface area (TPSA) is 99.1 Å². The summed E-state index contributed by atoms with van der Waals surface area (Å²) in [6, 6.07) is 15.5. The van der Waals surface area contributed by atoms with Crippen LogP contribution in [0.15, 0.2) is 60.0 Å². The summed E-state index contributed by atoms with van der Waals surface area (Å²) < 4.78 is 18.5. The van der Waals surface area contributed by atoms with E-state index in [-0.39, 0.29) is 18.4 Å². The number of likely N-dealkylation sites (tertiary alicyclic amines) is 1. The Bertz CT molecular complexity index is 1220. The highest BCUT2D eigenvalue weighted by molar-refractivity contribution is 7.10. The highest BCUT2D eigenvalue weighted by atomic mass is 32.1. The van der Waals surface area contributed by atoms with E-state index in [1.807, 2.05) is 24.3 Å². The van der Waals surface area contributed by atoms with Gasteiger partial charge >= 0.3 is 0 Å². The minimum absolute atomic E-state index is 0.262. The summed E-state index contributed by atoms with van der Waals surface area (Å²) >= 11 is 1.59. The fourth-order valence-corrected chi connectivity index (χ4v) is 5.49. The van der Waals surface area contributed by atoms with Crippen molar-refractivity contribution in [1.82, 2.24) is 10.2 Å². The van der Waals surface area contributed by atoms with Crippen molar-refractivity contribution in [2.75, 3.05) is 20.2 Å². The van der Waals surface area contributed by atoms with Crippen LogP contribution in [0.1, 0.15) is 40.5 Å². The first-order valence-electron chi connectivity index (χ1n) is 12.2. The highest BCUT2D eigenvalue weighted by Crippen LogP contribution is 2.32. The number of rotatable bonds is 10. The van der Waals surface area contributed by atoms with E-state index in [4.69, 9.17) is 4.74 Å². The van der Waals surface area contributed by atoms with Crippen molar-refractivity contribution < 1.29 is 28.9 Å². The molecule has 4 rings (SSSR count). The second kappa shape index (κ2) is 12.3. The van der Waals surface area contributed by atoms with Gasteiger partial charge in [0, 0.05) is 18.0 Å². The Morgan fingerprint density at radius 1 is 1.14 bits per heavy atom. The molecule has 1 saturated heterocycles. The van der Waals surface area contributed by atoms with Gasteiger partial charge in [0.2, 0.25) is 0 Å². The number of amides is 2. The molecule has 3 aromatic rings. The highest BCUT2D eigenvalue weighted by Gasteiger charge is 2.38. The third-order valence-electron chi connectivity index (χ3n) is 6.53. The van der Waals surface area contributed by atoms with Crippen molar-refractivity contribution in [3.05, 3.63) is 87.4 Å². The number of aliphatic hydroxyl groups excluding tert-OH is 2. The van der Waals surface area contributed by atoms with Gasteiger partial charge in [-0.3, -0.25) is 9.59 Å². The Labute approximate surface area is 219 Å². The molecule has 3 N–H and O–H groups in total. The summed E-state index contributed by atoms with van der Waals surface area (Å²) in [5.74, 6) is -1.07. The number of halogens is 1. The Morgan fingerprint density at radius 3 is 2.68 bits per heavy atom. The van der Waals surface area contributed by atoms with Gasteiger partial charge in [0.05, 0.1) is 13.2 Å². The maximum absolute atomic E-state index is 13.3. The zero-order chi connectivity index (χ0) is 26.4. The number of benzene rings is 2. The van der Waals surface area contributed by atoms with Crippen LogP contribution in [0.2, 0.25) is 0 Å². The molecule has 0 radical (unpaired) electrons. The van der Waals surface area contributed by atoms with Crippen LogP contribution < -0.4 is 10.1 Å². The minimum atomic E-state index is -1.88. The Kier molecular flexibility index (Phi) is 8.91. The molecule has 1 fully saturated rings. The predicted octanol–water partition coefficient (Wildman–Crippen LogP) is 3.23. The van der Waals surface area contributed by atoms with E-state index < -0.39 is 24.0 Å². The average molecular weight is 527 g/mol. The predicted molar refractivity (Wildman–Crippen MR) is 139 cm³/mol. The van der Waals surface area contributed by atoms with Gasteiger partial charge in [0.15, 0.2) is 12.2 Å². The van der Waals surface area contributed by atoms with Gasteiger partial charge in [0.25, 0.3) is 11.8 Å². The molecule has 2 heterocycles. The van der Waals surface area contributed by atoms with E-state index in [1.165, 1.54) is 17.0 Å². The maximum atomic E-state index is 13.3. The van der Waals surface area contributed by atoms with E-state index in [2.05, 4.69) is 16.8 Å². The number of methoxy groups -OCH3 is 1. The largest absolute Gasteiger partial charge is 0.497 e. The summed E-state index contributed by atoms with van der Waals surface area (Å²) in [6.45, 7) is 0.653. The first kappa shape index (κ1) is 26.8. The lowest BCUT2D eigenvalue weighted by molar-refractivity contribution is -0.153. The zero-order valence-corrected chi connectivity index (χ0v) is 21.4. The van der Waals surface area contributed by atoms with Crippen LogP contribution in [0.5, 0.6) is 5.75 Å². The van der Waals surface area contributed by atoms with Gasteiger partial charge in [-0.05, 0) is 78.1 Å². The number of ether oxygens (including phenoxy) is 1. The Morgan fingerprint density at radius 2 is 1.92 bits per heavy atom. The summed E-state index contributed by atoms with van der Waals surface area (Å²) in [6.07, 6.45) is -1.06. The number of thiophene rings is 1. The van der Waals surface area contributed by atoms with E-state index >= 15 is 0 Å². The summed E-state index contributed by atoms with van der Waals surface area (Å²) in [5, 5.41) is 25.5. The summed E-state index contributed by atoms with van der Waals surface area (Å²) in [4.78, 5) is 27.9. The molecule has 7 nitrogen and oxygen atoms in total. The molecular formula is C28H31FN2O5S. The van der Waals surface area contributed by atoms with Crippen molar-refractivity contribution in [3.63, 3.8) is 0 Å². The summed E-state index contributed by atoms with van der Waals surface area (Å²) in [7, 11) is 1.64. The number of hydrogen-bond donors (Lipinski definition) is 3. The summed E-state index contributed by atoms with van der Waals surface area (Å²) in [5.41, 5.74) is 3.04. The van der Waals surface area contributed by atoms with Gasteiger partial charge in [-0.15, -0.1) is 11.3 Å². The second-order valence-corrected chi connectivity index (χ2v) is 10.1. The minimum Gasteiger partial charge on any atom is -0.497 e. The van der Waals surface area contributed by atoms with E-state index in [0.717, 1.165) is 33.7 Å². The van der Waals surface area contributed by atoms with Crippen molar-refractivity contribution in [2.45, 2.75) is 43.9 Å². The number of nitrogens with zero attached hydrogens (tertiary/aromatic N) is 1. The molecule has 1 aromatic heterocycles. The van der Waals surface area contributed by atoms with Gasteiger partial charge in [-0.25, -0.2) is 4.39 Å². The first-order chi connectivity index (χ1) is 17.9. The van der Waals surface area contributed by atoms with E-state index in [9.17, 15) is 24.2 Å².